The van der Waals surface area contributed by atoms with Gasteiger partial charge in [-0.2, -0.15) is 0 Å². The third-order valence-electron chi connectivity index (χ3n) is 4.28. The third kappa shape index (κ3) is 5.18. The van der Waals surface area contributed by atoms with Crippen molar-refractivity contribution in [1.29, 1.82) is 0 Å². The van der Waals surface area contributed by atoms with Crippen molar-refractivity contribution in [2.75, 3.05) is 20.6 Å². The summed E-state index contributed by atoms with van der Waals surface area (Å²) in [5.41, 5.74) is 0.348. The van der Waals surface area contributed by atoms with Crippen molar-refractivity contribution in [2.45, 2.75) is 38.2 Å². The minimum atomic E-state index is -0.550. The first kappa shape index (κ1) is 18.7. The highest BCUT2D eigenvalue weighted by Gasteiger charge is 2.28. The molecule has 1 aliphatic rings. The first-order valence-electron chi connectivity index (χ1n) is 8.14. The van der Waals surface area contributed by atoms with Crippen molar-refractivity contribution in [3.05, 3.63) is 38.9 Å². The van der Waals surface area contributed by atoms with Crippen LogP contribution >= 0.6 is 11.6 Å². The van der Waals surface area contributed by atoms with E-state index in [0.717, 1.165) is 32.2 Å². The van der Waals surface area contributed by atoms with E-state index in [2.05, 4.69) is 4.90 Å². The van der Waals surface area contributed by atoms with E-state index in [0.29, 0.717) is 11.5 Å². The maximum atomic E-state index is 12.2. The summed E-state index contributed by atoms with van der Waals surface area (Å²) in [6, 6.07) is 4.40. The van der Waals surface area contributed by atoms with Crippen LogP contribution in [0.1, 0.15) is 31.2 Å². The van der Waals surface area contributed by atoms with Crippen molar-refractivity contribution in [1.82, 2.24) is 4.90 Å². The van der Waals surface area contributed by atoms with Crippen LogP contribution in [0.4, 0.5) is 5.69 Å². The summed E-state index contributed by atoms with van der Waals surface area (Å²) in [6.07, 6.45) is 4.11. The van der Waals surface area contributed by atoms with E-state index in [1.807, 2.05) is 14.1 Å². The fraction of sp³-hybridized carbons (Fsp3) is 0.588. The minimum absolute atomic E-state index is 0.0171. The summed E-state index contributed by atoms with van der Waals surface area (Å²) in [7, 11) is 4.03. The summed E-state index contributed by atoms with van der Waals surface area (Å²) in [5, 5.41) is 11.0. The molecule has 132 valence electrons. The number of rotatable bonds is 6. The van der Waals surface area contributed by atoms with Gasteiger partial charge in [0.1, 0.15) is 11.1 Å². The minimum Gasteiger partial charge on any atom is -0.462 e. The van der Waals surface area contributed by atoms with Crippen LogP contribution in [0, 0.1) is 16.0 Å². The van der Waals surface area contributed by atoms with E-state index >= 15 is 0 Å². The number of halogens is 1. The quantitative estimate of drug-likeness (QED) is 0.444. The Bertz CT molecular complexity index is 606. The van der Waals surface area contributed by atoms with Gasteiger partial charge in [0, 0.05) is 18.5 Å². The molecule has 1 saturated carbocycles. The van der Waals surface area contributed by atoms with Crippen LogP contribution in [0.2, 0.25) is 5.02 Å². The molecule has 24 heavy (non-hydrogen) atoms. The largest absolute Gasteiger partial charge is 0.462 e. The van der Waals surface area contributed by atoms with Gasteiger partial charge in [-0.3, -0.25) is 14.9 Å². The van der Waals surface area contributed by atoms with Crippen LogP contribution < -0.4 is 0 Å². The fourth-order valence-electron chi connectivity index (χ4n) is 3.19. The van der Waals surface area contributed by atoms with Crippen molar-refractivity contribution in [2.24, 2.45) is 5.92 Å². The number of carbonyl (C=O) groups excluding carboxylic acids is 1. The lowest BCUT2D eigenvalue weighted by Crippen LogP contribution is -2.36. The first-order chi connectivity index (χ1) is 11.4. The lowest BCUT2D eigenvalue weighted by Gasteiger charge is -2.32. The van der Waals surface area contributed by atoms with E-state index in [4.69, 9.17) is 16.3 Å². The topological polar surface area (TPSA) is 72.7 Å². The Morgan fingerprint density at radius 1 is 1.38 bits per heavy atom. The van der Waals surface area contributed by atoms with Crippen LogP contribution in [0.15, 0.2) is 18.2 Å². The summed E-state index contributed by atoms with van der Waals surface area (Å²) in [6.45, 7) is 0.893. The van der Waals surface area contributed by atoms with Gasteiger partial charge in [0.25, 0.3) is 5.69 Å². The average Bonchev–Trinajstić information content (AvgIpc) is 2.50. The SMILES string of the molecule is CN(C)C[C@H]1CCCC[C@@H]1OC(=O)Cc1ccc(Cl)c([N+](=O)[O-])c1. The number of carbonyl (C=O) groups is 1. The number of benzene rings is 1. The molecule has 0 unspecified atom stereocenters. The Hall–Kier alpha value is -1.66. The Kier molecular flexibility index (Phi) is 6.57. The zero-order valence-corrected chi connectivity index (χ0v) is 14.8. The molecule has 0 amide bonds. The van der Waals surface area contributed by atoms with Crippen molar-refractivity contribution in [3.8, 4) is 0 Å². The standard InChI is InChI=1S/C17H23ClN2O4/c1-19(2)11-13-5-3-4-6-16(13)24-17(21)10-12-7-8-14(18)15(9-12)20(22)23/h7-9,13,16H,3-6,10-11H2,1-2H3/t13-,16+/m1/s1. The molecule has 0 radical (unpaired) electrons. The second-order valence-electron chi connectivity index (χ2n) is 6.55. The highest BCUT2D eigenvalue weighted by atomic mass is 35.5. The summed E-state index contributed by atoms with van der Waals surface area (Å²) in [5.74, 6) is -0.000435. The molecule has 6 nitrogen and oxygen atoms in total. The maximum absolute atomic E-state index is 12.2. The van der Waals surface area contributed by atoms with E-state index in [1.165, 1.54) is 12.1 Å². The molecule has 0 heterocycles. The van der Waals surface area contributed by atoms with Crippen molar-refractivity contribution < 1.29 is 14.5 Å². The Morgan fingerprint density at radius 3 is 2.75 bits per heavy atom. The van der Waals surface area contributed by atoms with Gasteiger partial charge in [0.15, 0.2) is 0 Å². The van der Waals surface area contributed by atoms with E-state index < -0.39 is 4.92 Å². The molecule has 0 spiro atoms. The van der Waals surface area contributed by atoms with Gasteiger partial charge in [-0.1, -0.05) is 24.1 Å². The van der Waals surface area contributed by atoms with E-state index in [-0.39, 0.29) is 29.2 Å². The molecule has 0 aromatic heterocycles. The van der Waals surface area contributed by atoms with Gasteiger partial charge >= 0.3 is 5.97 Å². The number of ether oxygens (including phenoxy) is 1. The summed E-state index contributed by atoms with van der Waals surface area (Å²) < 4.78 is 5.67. The smallest absolute Gasteiger partial charge is 0.310 e. The monoisotopic (exact) mass is 354 g/mol. The molecule has 1 fully saturated rings. The number of nitro benzene ring substituents is 1. The number of hydrogen-bond donors (Lipinski definition) is 0. The van der Waals surface area contributed by atoms with Gasteiger partial charge in [-0.15, -0.1) is 0 Å². The lowest BCUT2D eigenvalue weighted by atomic mass is 9.86. The lowest BCUT2D eigenvalue weighted by molar-refractivity contribution is -0.384. The van der Waals surface area contributed by atoms with Gasteiger partial charge in [-0.05, 0) is 45.0 Å². The van der Waals surface area contributed by atoms with Crippen LogP contribution in [-0.2, 0) is 16.0 Å². The third-order valence-corrected chi connectivity index (χ3v) is 4.60. The van der Waals surface area contributed by atoms with Crippen LogP contribution in [0.3, 0.4) is 0 Å². The Morgan fingerprint density at radius 2 is 2.08 bits per heavy atom. The summed E-state index contributed by atoms with van der Waals surface area (Å²) >= 11 is 5.79. The molecule has 2 atom stereocenters. The molecule has 0 saturated heterocycles. The van der Waals surface area contributed by atoms with Crippen LogP contribution in [-0.4, -0.2) is 42.5 Å². The van der Waals surface area contributed by atoms with E-state index in [1.54, 1.807) is 6.07 Å². The van der Waals surface area contributed by atoms with Gasteiger partial charge < -0.3 is 9.64 Å². The molecule has 2 rings (SSSR count). The highest BCUT2D eigenvalue weighted by Crippen LogP contribution is 2.28. The zero-order valence-electron chi connectivity index (χ0n) is 14.0. The normalized spacial score (nSPS) is 20.8. The zero-order chi connectivity index (χ0) is 17.7. The molecule has 0 aliphatic heterocycles. The summed E-state index contributed by atoms with van der Waals surface area (Å²) in [4.78, 5) is 24.7. The molecular formula is C17H23ClN2O4. The van der Waals surface area contributed by atoms with Gasteiger partial charge in [0.2, 0.25) is 0 Å². The first-order valence-corrected chi connectivity index (χ1v) is 8.51. The maximum Gasteiger partial charge on any atom is 0.310 e. The molecular weight excluding hydrogens is 332 g/mol. The van der Waals surface area contributed by atoms with Crippen molar-refractivity contribution in [3.63, 3.8) is 0 Å². The Labute approximate surface area is 146 Å². The van der Waals surface area contributed by atoms with Crippen molar-refractivity contribution >= 4 is 23.3 Å². The molecule has 0 N–H and O–H groups in total. The van der Waals surface area contributed by atoms with Gasteiger partial charge in [0.05, 0.1) is 11.3 Å². The molecule has 1 aromatic rings. The fourth-order valence-corrected chi connectivity index (χ4v) is 3.38. The second-order valence-corrected chi connectivity index (χ2v) is 6.96. The number of esters is 1. The number of nitro groups is 1. The highest BCUT2D eigenvalue weighted by molar-refractivity contribution is 6.32. The molecule has 1 aromatic carbocycles. The van der Waals surface area contributed by atoms with Crippen LogP contribution in [0.25, 0.3) is 0 Å². The van der Waals surface area contributed by atoms with E-state index in [9.17, 15) is 14.9 Å². The Balaban J connectivity index is 1.99. The predicted molar refractivity (Wildman–Crippen MR) is 92.2 cm³/mol. The number of hydrogen-bond acceptors (Lipinski definition) is 5. The molecule has 0 bridgehead atoms. The predicted octanol–water partition coefficient (Wildman–Crippen LogP) is 3.45. The molecule has 1 aliphatic carbocycles. The molecule has 7 heteroatoms. The van der Waals surface area contributed by atoms with Gasteiger partial charge in [-0.25, -0.2) is 0 Å². The number of nitrogens with zero attached hydrogens (tertiary/aromatic N) is 2. The second kappa shape index (κ2) is 8.44. The van der Waals surface area contributed by atoms with Crippen LogP contribution in [0.5, 0.6) is 0 Å². The average molecular weight is 355 g/mol.